The maximum Gasteiger partial charge on any atom is 0.237 e. The molecule has 1 aromatic carbocycles. The van der Waals surface area contributed by atoms with Crippen molar-refractivity contribution in [1.29, 1.82) is 0 Å². The van der Waals surface area contributed by atoms with Crippen molar-refractivity contribution in [2.45, 2.75) is 41.3 Å². The molecule has 1 amide bonds. The second kappa shape index (κ2) is 9.99. The number of aromatic nitrogens is 1. The number of amides is 1. The van der Waals surface area contributed by atoms with Gasteiger partial charge in [0.2, 0.25) is 15.7 Å². The molecule has 182 valence electrons. The fraction of sp³-hybridized carbons (Fsp3) is 0.500. The first-order valence-corrected chi connectivity index (χ1v) is 13.4. The van der Waals surface area contributed by atoms with Gasteiger partial charge in [0.1, 0.15) is 5.82 Å². The van der Waals surface area contributed by atoms with Crippen molar-refractivity contribution in [3.05, 3.63) is 48.2 Å². The molecule has 3 unspecified atom stereocenters. The molecule has 0 radical (unpaired) electrons. The Hall–Kier alpha value is -2.53. The number of nitrogens with zero attached hydrogens (tertiary/aromatic N) is 2. The van der Waals surface area contributed by atoms with Gasteiger partial charge < -0.3 is 25.6 Å². The monoisotopic (exact) mass is 485 g/mol. The lowest BCUT2D eigenvalue weighted by molar-refractivity contribution is -0.123. The molecule has 4 heterocycles. The average molecular weight is 486 g/mol. The van der Waals surface area contributed by atoms with Crippen LogP contribution in [0.3, 0.4) is 0 Å². The van der Waals surface area contributed by atoms with E-state index in [1.54, 1.807) is 36.4 Å². The third-order valence-electron chi connectivity index (χ3n) is 6.94. The summed E-state index contributed by atoms with van der Waals surface area (Å²) in [4.78, 5) is 19.4. The Morgan fingerprint density at radius 2 is 1.88 bits per heavy atom. The van der Waals surface area contributed by atoms with Crippen LogP contribution in [0.25, 0.3) is 0 Å². The van der Waals surface area contributed by atoms with Crippen molar-refractivity contribution in [3.8, 4) is 0 Å². The number of pyridine rings is 1. The number of hydrogen-bond donors (Lipinski definition) is 3. The predicted octanol–water partition coefficient (Wildman–Crippen LogP) is 0.707. The summed E-state index contributed by atoms with van der Waals surface area (Å²) in [6.07, 6.45) is 3.31. The van der Waals surface area contributed by atoms with Gasteiger partial charge in [-0.2, -0.15) is 0 Å². The van der Waals surface area contributed by atoms with Gasteiger partial charge in [-0.15, -0.1) is 0 Å². The summed E-state index contributed by atoms with van der Waals surface area (Å²) in [6, 6.07) is 10.3. The lowest BCUT2D eigenvalue weighted by atomic mass is 9.94. The Kier molecular flexibility index (Phi) is 6.82. The Labute approximate surface area is 200 Å². The number of carbonyl (C=O) groups excluding carboxylic acids is 1. The number of hydrogen-bond acceptors (Lipinski definition) is 8. The number of piperidine rings is 1. The number of nitrogens with one attached hydrogen (secondary N) is 3. The van der Waals surface area contributed by atoms with Gasteiger partial charge in [-0.3, -0.25) is 4.79 Å². The minimum absolute atomic E-state index is 0.00229. The van der Waals surface area contributed by atoms with Gasteiger partial charge in [-0.1, -0.05) is 12.1 Å². The molecule has 3 saturated heterocycles. The molecule has 5 rings (SSSR count). The summed E-state index contributed by atoms with van der Waals surface area (Å²) in [5.41, 5.74) is 0.852. The number of ether oxygens (including phenoxy) is 1. The highest BCUT2D eigenvalue weighted by Crippen LogP contribution is 2.25. The SMILES string of the molecule is O=C(NCc1ccc(S(=O)(=O)c2ccc(N3CCOCC3)nc2)cc1)C1CC2CNCCC2N1. The topological polar surface area (TPSA) is 113 Å². The van der Waals surface area contributed by atoms with E-state index in [0.29, 0.717) is 31.7 Å². The molecule has 3 atom stereocenters. The smallest absolute Gasteiger partial charge is 0.237 e. The summed E-state index contributed by atoms with van der Waals surface area (Å²) in [5.74, 6) is 1.25. The summed E-state index contributed by atoms with van der Waals surface area (Å²) >= 11 is 0. The minimum atomic E-state index is -3.67. The molecule has 0 bridgehead atoms. The van der Waals surface area contributed by atoms with Gasteiger partial charge in [0.05, 0.1) is 29.0 Å². The maximum absolute atomic E-state index is 13.0. The predicted molar refractivity (Wildman–Crippen MR) is 127 cm³/mol. The van der Waals surface area contributed by atoms with E-state index < -0.39 is 9.84 Å². The number of benzene rings is 1. The van der Waals surface area contributed by atoms with Crippen molar-refractivity contribution in [3.63, 3.8) is 0 Å². The van der Waals surface area contributed by atoms with Crippen LogP contribution in [0.15, 0.2) is 52.4 Å². The van der Waals surface area contributed by atoms with E-state index in [2.05, 4.69) is 25.8 Å². The molecule has 0 spiro atoms. The van der Waals surface area contributed by atoms with Gasteiger partial charge in [-0.25, -0.2) is 13.4 Å². The van der Waals surface area contributed by atoms with Crippen molar-refractivity contribution in [2.24, 2.45) is 5.92 Å². The fourth-order valence-electron chi connectivity index (χ4n) is 4.95. The molecule has 0 aliphatic carbocycles. The van der Waals surface area contributed by atoms with Crippen LogP contribution in [0.2, 0.25) is 0 Å². The molecule has 1 aromatic heterocycles. The largest absolute Gasteiger partial charge is 0.378 e. The van der Waals surface area contributed by atoms with E-state index in [1.807, 2.05) is 0 Å². The lowest BCUT2D eigenvalue weighted by Gasteiger charge is -2.27. The lowest BCUT2D eigenvalue weighted by Crippen LogP contribution is -2.45. The second-order valence-corrected chi connectivity index (χ2v) is 11.1. The number of fused-ring (bicyclic) bond motifs is 1. The van der Waals surface area contributed by atoms with Crippen molar-refractivity contribution in [2.75, 3.05) is 44.3 Å². The molecule has 3 aliphatic heterocycles. The highest BCUT2D eigenvalue weighted by atomic mass is 32.2. The first kappa shape index (κ1) is 23.2. The van der Waals surface area contributed by atoms with E-state index >= 15 is 0 Å². The van der Waals surface area contributed by atoms with E-state index in [0.717, 1.165) is 50.4 Å². The molecule has 9 nitrogen and oxygen atoms in total. The molecule has 0 saturated carbocycles. The standard InChI is InChI=1S/C24H31N5O4S/c30-24(22-13-18-15-25-8-7-21(18)28-22)27-14-17-1-3-19(4-2-17)34(31,32)20-5-6-23(26-16-20)29-9-11-33-12-10-29/h1-6,16,18,21-22,25,28H,7-15H2,(H,27,30). The van der Waals surface area contributed by atoms with Gasteiger partial charge in [0.25, 0.3) is 0 Å². The molecule has 2 aromatic rings. The molecule has 3 fully saturated rings. The number of carbonyl (C=O) groups is 1. The highest BCUT2D eigenvalue weighted by molar-refractivity contribution is 7.91. The van der Waals surface area contributed by atoms with Crippen LogP contribution in [0.4, 0.5) is 5.82 Å². The third kappa shape index (κ3) is 4.95. The Bertz CT molecular complexity index is 1090. The van der Waals surface area contributed by atoms with Gasteiger partial charge in [-0.05, 0) is 61.7 Å². The highest BCUT2D eigenvalue weighted by Gasteiger charge is 2.38. The molecule has 3 N–H and O–H groups in total. The van der Waals surface area contributed by atoms with Crippen LogP contribution in [0, 0.1) is 5.92 Å². The van der Waals surface area contributed by atoms with E-state index in [-0.39, 0.29) is 21.7 Å². The van der Waals surface area contributed by atoms with E-state index in [9.17, 15) is 13.2 Å². The number of anilines is 1. The first-order valence-electron chi connectivity index (χ1n) is 11.9. The summed E-state index contributed by atoms with van der Waals surface area (Å²) in [7, 11) is -3.67. The Balaban J connectivity index is 1.18. The summed E-state index contributed by atoms with van der Waals surface area (Å²) < 4.78 is 31.4. The molecule has 10 heteroatoms. The zero-order valence-electron chi connectivity index (χ0n) is 19.1. The zero-order chi connectivity index (χ0) is 23.5. The second-order valence-electron chi connectivity index (χ2n) is 9.13. The quantitative estimate of drug-likeness (QED) is 0.548. The molecular formula is C24H31N5O4S. The first-order chi connectivity index (χ1) is 16.5. The molecule has 34 heavy (non-hydrogen) atoms. The average Bonchev–Trinajstić information content (AvgIpc) is 3.33. The Morgan fingerprint density at radius 1 is 1.12 bits per heavy atom. The number of rotatable bonds is 6. The van der Waals surface area contributed by atoms with Crippen molar-refractivity contribution in [1.82, 2.24) is 20.9 Å². The van der Waals surface area contributed by atoms with Crippen molar-refractivity contribution < 1.29 is 17.9 Å². The minimum Gasteiger partial charge on any atom is -0.378 e. The van der Waals surface area contributed by atoms with Gasteiger partial charge in [0.15, 0.2) is 0 Å². The fourth-order valence-corrected chi connectivity index (χ4v) is 6.15. The number of morpholine rings is 1. The van der Waals surface area contributed by atoms with Crippen LogP contribution < -0.4 is 20.9 Å². The van der Waals surface area contributed by atoms with Gasteiger partial charge >= 0.3 is 0 Å². The van der Waals surface area contributed by atoms with E-state index in [1.165, 1.54) is 6.20 Å². The van der Waals surface area contributed by atoms with Crippen LogP contribution >= 0.6 is 0 Å². The summed E-state index contributed by atoms with van der Waals surface area (Å²) in [5, 5.41) is 9.83. The zero-order valence-corrected chi connectivity index (χ0v) is 19.9. The normalized spacial score (nSPS) is 25.1. The van der Waals surface area contributed by atoms with Crippen LogP contribution in [-0.2, 0) is 25.9 Å². The van der Waals surface area contributed by atoms with E-state index in [4.69, 9.17) is 4.74 Å². The molecular weight excluding hydrogens is 454 g/mol. The summed E-state index contributed by atoms with van der Waals surface area (Å²) in [6.45, 7) is 5.09. The van der Waals surface area contributed by atoms with Crippen LogP contribution in [0.1, 0.15) is 18.4 Å². The molecule has 3 aliphatic rings. The van der Waals surface area contributed by atoms with Crippen LogP contribution in [0.5, 0.6) is 0 Å². The third-order valence-corrected chi connectivity index (χ3v) is 8.70. The van der Waals surface area contributed by atoms with Crippen LogP contribution in [-0.4, -0.2) is 70.8 Å². The maximum atomic E-state index is 13.0. The van der Waals surface area contributed by atoms with Crippen molar-refractivity contribution >= 4 is 21.6 Å². The number of sulfone groups is 1. The Morgan fingerprint density at radius 3 is 2.59 bits per heavy atom. The van der Waals surface area contributed by atoms with Gasteiger partial charge in [0, 0.05) is 31.9 Å².